The normalized spacial score (nSPS) is 12.1. The van der Waals surface area contributed by atoms with Crippen LogP contribution in [0.5, 0.6) is 5.75 Å². The van der Waals surface area contributed by atoms with Crippen LogP contribution in [0.15, 0.2) is 30.5 Å². The Bertz CT molecular complexity index is 673. The van der Waals surface area contributed by atoms with Crippen molar-refractivity contribution in [1.29, 1.82) is 0 Å². The fraction of sp³-hybridized carbons (Fsp3) is 0.167. The molecule has 1 unspecified atom stereocenters. The number of nitrogens with two attached hydrogens (primary N) is 1. The molecule has 0 aliphatic heterocycles. The second-order valence-corrected chi connectivity index (χ2v) is 4.00. The minimum atomic E-state index is -1.19. The summed E-state index contributed by atoms with van der Waals surface area (Å²) in [7, 11) is 0. The number of ether oxygens (including phenoxy) is 1. The number of nitro groups is 1. The quantitative estimate of drug-likeness (QED) is 0.614. The molecule has 20 heavy (non-hydrogen) atoms. The van der Waals surface area contributed by atoms with Crippen LogP contribution in [0.1, 0.15) is 0 Å². The number of fused-ring (bicyclic) bond motifs is 1. The topological polar surface area (TPSA) is 129 Å². The molecule has 0 aliphatic carbocycles. The van der Waals surface area contributed by atoms with Gasteiger partial charge in [0.15, 0.2) is 5.52 Å². The van der Waals surface area contributed by atoms with Crippen molar-refractivity contribution >= 4 is 22.6 Å². The number of nitro benzene ring substituents is 1. The van der Waals surface area contributed by atoms with Crippen molar-refractivity contribution in [1.82, 2.24) is 4.98 Å². The van der Waals surface area contributed by atoms with Crippen LogP contribution in [0.3, 0.4) is 0 Å². The lowest BCUT2D eigenvalue weighted by Gasteiger charge is -2.11. The summed E-state index contributed by atoms with van der Waals surface area (Å²) in [5.41, 5.74) is 5.37. The molecule has 0 bridgehead atoms. The van der Waals surface area contributed by atoms with Crippen molar-refractivity contribution < 1.29 is 19.6 Å². The zero-order valence-corrected chi connectivity index (χ0v) is 10.2. The van der Waals surface area contributed by atoms with Gasteiger partial charge in [-0.05, 0) is 18.2 Å². The van der Waals surface area contributed by atoms with Gasteiger partial charge in [0.2, 0.25) is 0 Å². The van der Waals surface area contributed by atoms with Crippen LogP contribution in [0.2, 0.25) is 0 Å². The van der Waals surface area contributed by atoms with Crippen molar-refractivity contribution in [2.75, 3.05) is 6.61 Å². The molecule has 1 aromatic heterocycles. The molecule has 1 heterocycles. The van der Waals surface area contributed by atoms with E-state index in [0.717, 1.165) is 0 Å². The first-order valence-corrected chi connectivity index (χ1v) is 5.64. The third kappa shape index (κ3) is 2.64. The summed E-state index contributed by atoms with van der Waals surface area (Å²) >= 11 is 0. The van der Waals surface area contributed by atoms with Gasteiger partial charge in [0.1, 0.15) is 18.4 Å². The van der Waals surface area contributed by atoms with E-state index in [-0.39, 0.29) is 17.8 Å². The standard InChI is InChI=1S/C12H11N3O5/c13-8(12(16)17)6-20-10-4-3-9(15(18)19)11-7(10)2-1-5-14-11/h1-5,8H,6,13H2,(H,16,17). The number of non-ortho nitro benzene ring substituents is 1. The number of aliphatic carboxylic acids is 1. The molecule has 0 saturated carbocycles. The van der Waals surface area contributed by atoms with E-state index in [0.29, 0.717) is 11.1 Å². The fourth-order valence-electron chi connectivity index (χ4n) is 1.66. The second-order valence-electron chi connectivity index (χ2n) is 4.00. The molecule has 0 aliphatic rings. The van der Waals surface area contributed by atoms with Gasteiger partial charge in [0.05, 0.1) is 4.92 Å². The van der Waals surface area contributed by atoms with Gasteiger partial charge < -0.3 is 15.6 Å². The van der Waals surface area contributed by atoms with Crippen LogP contribution in [-0.2, 0) is 4.79 Å². The summed E-state index contributed by atoms with van der Waals surface area (Å²) in [6.07, 6.45) is 1.43. The third-order valence-electron chi connectivity index (χ3n) is 2.64. The zero-order chi connectivity index (χ0) is 14.7. The average Bonchev–Trinajstić information content (AvgIpc) is 2.43. The molecule has 2 rings (SSSR count). The maximum Gasteiger partial charge on any atom is 0.324 e. The van der Waals surface area contributed by atoms with Crippen molar-refractivity contribution in [2.24, 2.45) is 5.73 Å². The number of carboxylic acids is 1. The lowest BCUT2D eigenvalue weighted by atomic mass is 10.1. The molecule has 0 saturated heterocycles. The van der Waals surface area contributed by atoms with Gasteiger partial charge in [0, 0.05) is 17.6 Å². The van der Waals surface area contributed by atoms with Crippen molar-refractivity contribution in [3.63, 3.8) is 0 Å². The van der Waals surface area contributed by atoms with Crippen LogP contribution in [0, 0.1) is 10.1 Å². The number of rotatable bonds is 5. The summed E-state index contributed by atoms with van der Waals surface area (Å²) in [4.78, 5) is 24.9. The average molecular weight is 277 g/mol. The maximum atomic E-state index is 10.9. The molecule has 3 N–H and O–H groups in total. The lowest BCUT2D eigenvalue weighted by Crippen LogP contribution is -2.36. The molecule has 0 radical (unpaired) electrons. The van der Waals surface area contributed by atoms with Crippen molar-refractivity contribution in [3.05, 3.63) is 40.6 Å². The molecular weight excluding hydrogens is 266 g/mol. The molecule has 104 valence electrons. The number of pyridine rings is 1. The van der Waals surface area contributed by atoms with E-state index in [1.54, 1.807) is 12.1 Å². The van der Waals surface area contributed by atoms with E-state index in [1.165, 1.54) is 18.3 Å². The van der Waals surface area contributed by atoms with E-state index >= 15 is 0 Å². The van der Waals surface area contributed by atoms with Crippen LogP contribution in [0.4, 0.5) is 5.69 Å². The first-order valence-electron chi connectivity index (χ1n) is 5.64. The third-order valence-corrected chi connectivity index (χ3v) is 2.64. The maximum absolute atomic E-state index is 10.9. The van der Waals surface area contributed by atoms with Gasteiger partial charge in [-0.3, -0.25) is 14.9 Å². The number of benzene rings is 1. The molecule has 2 aromatic rings. The Hall–Kier alpha value is -2.74. The SMILES string of the molecule is NC(COc1ccc([N+](=O)[O-])c2ncccc12)C(=O)O. The first kappa shape index (κ1) is 13.7. The number of aromatic nitrogens is 1. The van der Waals surface area contributed by atoms with Crippen molar-refractivity contribution in [3.8, 4) is 5.75 Å². The Kier molecular flexibility index (Phi) is 3.76. The molecule has 1 atom stereocenters. The summed E-state index contributed by atoms with van der Waals surface area (Å²) in [6, 6.07) is 4.71. The van der Waals surface area contributed by atoms with Gasteiger partial charge in [-0.25, -0.2) is 4.98 Å². The number of carbonyl (C=O) groups is 1. The smallest absolute Gasteiger partial charge is 0.324 e. The van der Waals surface area contributed by atoms with Crippen LogP contribution < -0.4 is 10.5 Å². The predicted octanol–water partition coefficient (Wildman–Crippen LogP) is 0.934. The largest absolute Gasteiger partial charge is 0.491 e. The number of nitrogens with zero attached hydrogens (tertiary/aromatic N) is 2. The van der Waals surface area contributed by atoms with E-state index in [2.05, 4.69) is 4.98 Å². The number of hydrogen-bond donors (Lipinski definition) is 2. The first-order chi connectivity index (χ1) is 9.50. The summed E-state index contributed by atoms with van der Waals surface area (Å²) in [5.74, 6) is -0.884. The Morgan fingerprint density at radius 1 is 1.50 bits per heavy atom. The molecular formula is C12H11N3O5. The van der Waals surface area contributed by atoms with Gasteiger partial charge in [-0.15, -0.1) is 0 Å². The highest BCUT2D eigenvalue weighted by molar-refractivity contribution is 5.92. The van der Waals surface area contributed by atoms with Crippen LogP contribution in [-0.4, -0.2) is 33.6 Å². The summed E-state index contributed by atoms with van der Waals surface area (Å²) in [6.45, 7) is -0.239. The van der Waals surface area contributed by atoms with Gasteiger partial charge in [-0.2, -0.15) is 0 Å². The lowest BCUT2D eigenvalue weighted by molar-refractivity contribution is -0.383. The van der Waals surface area contributed by atoms with E-state index in [1.807, 2.05) is 0 Å². The van der Waals surface area contributed by atoms with E-state index in [4.69, 9.17) is 15.6 Å². The molecule has 0 amide bonds. The van der Waals surface area contributed by atoms with E-state index in [9.17, 15) is 14.9 Å². The fourth-order valence-corrected chi connectivity index (χ4v) is 1.66. The minimum absolute atomic E-state index is 0.143. The molecule has 8 heteroatoms. The molecule has 0 spiro atoms. The summed E-state index contributed by atoms with van der Waals surface area (Å²) in [5, 5.41) is 20.0. The second kappa shape index (κ2) is 5.49. The predicted molar refractivity (Wildman–Crippen MR) is 69.5 cm³/mol. The monoisotopic (exact) mass is 277 g/mol. The van der Waals surface area contributed by atoms with Gasteiger partial charge >= 0.3 is 5.97 Å². The highest BCUT2D eigenvalue weighted by Gasteiger charge is 2.18. The zero-order valence-electron chi connectivity index (χ0n) is 10.2. The molecule has 1 aromatic carbocycles. The van der Waals surface area contributed by atoms with Gasteiger partial charge in [-0.1, -0.05) is 0 Å². The van der Waals surface area contributed by atoms with Crippen LogP contribution >= 0.6 is 0 Å². The highest BCUT2D eigenvalue weighted by Crippen LogP contribution is 2.31. The Morgan fingerprint density at radius 3 is 2.90 bits per heavy atom. The minimum Gasteiger partial charge on any atom is -0.491 e. The Morgan fingerprint density at radius 2 is 2.25 bits per heavy atom. The Labute approximate surface area is 112 Å². The number of carboxylic acid groups (broad SMARTS) is 1. The van der Waals surface area contributed by atoms with Gasteiger partial charge in [0.25, 0.3) is 5.69 Å². The van der Waals surface area contributed by atoms with Crippen molar-refractivity contribution in [2.45, 2.75) is 6.04 Å². The molecule has 0 fully saturated rings. The Balaban J connectivity index is 2.38. The van der Waals surface area contributed by atoms with Crippen LogP contribution in [0.25, 0.3) is 10.9 Å². The summed E-state index contributed by atoms with van der Waals surface area (Å²) < 4.78 is 5.31. The number of hydrogen-bond acceptors (Lipinski definition) is 6. The highest BCUT2D eigenvalue weighted by atomic mass is 16.6. The van der Waals surface area contributed by atoms with E-state index < -0.39 is 16.9 Å². The molecule has 8 nitrogen and oxygen atoms in total.